The van der Waals surface area contributed by atoms with Gasteiger partial charge in [0.2, 0.25) is 0 Å². The van der Waals surface area contributed by atoms with Crippen LogP contribution in [-0.4, -0.2) is 69.2 Å². The normalized spacial score (nSPS) is 14.8. The number of unbranched alkanes of at least 4 members (excludes halogenated alkanes) is 11. The van der Waals surface area contributed by atoms with Crippen LogP contribution in [0.3, 0.4) is 0 Å². The molecular formula is C26H52NO7P. The summed E-state index contributed by atoms with van der Waals surface area (Å²) in [6.45, 7) is 1.92. The Morgan fingerprint density at radius 3 is 2.00 bits per heavy atom. The van der Waals surface area contributed by atoms with Gasteiger partial charge in [-0.15, -0.1) is 0 Å². The third kappa shape index (κ3) is 26.1. The summed E-state index contributed by atoms with van der Waals surface area (Å²) in [5.74, 6) is -0.397. The lowest BCUT2D eigenvalue weighted by Gasteiger charge is -2.27. The first kappa shape index (κ1) is 34.2. The molecule has 0 spiro atoms. The van der Waals surface area contributed by atoms with Crippen molar-refractivity contribution in [2.75, 3.05) is 47.5 Å². The van der Waals surface area contributed by atoms with Gasteiger partial charge in [0.05, 0.1) is 27.7 Å². The Morgan fingerprint density at radius 2 is 1.43 bits per heavy atom. The summed E-state index contributed by atoms with van der Waals surface area (Å²) in [5, 5.41) is 9.79. The number of allylic oxidation sites excluding steroid dienone is 2. The van der Waals surface area contributed by atoms with Crippen molar-refractivity contribution in [3.05, 3.63) is 12.2 Å². The average molecular weight is 523 g/mol. The summed E-state index contributed by atoms with van der Waals surface area (Å²) < 4.78 is 26.6. The maximum atomic E-state index is 11.8. The monoisotopic (exact) mass is 522 g/mol. The Hall–Kier alpha value is -0.760. The van der Waals surface area contributed by atoms with Gasteiger partial charge in [-0.05, 0) is 32.1 Å². The second kappa shape index (κ2) is 21.3. The van der Waals surface area contributed by atoms with Crippen LogP contribution in [0.25, 0.3) is 0 Å². The number of esters is 1. The molecule has 0 saturated carbocycles. The second-order valence-corrected chi connectivity index (χ2v) is 11.7. The lowest BCUT2D eigenvalue weighted by atomic mass is 10.1. The Kier molecular flexibility index (Phi) is 20.9. The van der Waals surface area contributed by atoms with Crippen LogP contribution in [0.2, 0.25) is 0 Å². The number of rotatable bonds is 24. The van der Waals surface area contributed by atoms with Crippen LogP contribution >= 0.6 is 7.82 Å². The molecule has 1 unspecified atom stereocenters. The van der Waals surface area contributed by atoms with Crippen molar-refractivity contribution >= 4 is 13.8 Å². The summed E-state index contributed by atoms with van der Waals surface area (Å²) >= 11 is 0. The van der Waals surface area contributed by atoms with Gasteiger partial charge in [0, 0.05) is 6.42 Å². The van der Waals surface area contributed by atoms with Crippen LogP contribution in [0, 0.1) is 0 Å². The molecule has 9 heteroatoms. The largest absolute Gasteiger partial charge is 0.756 e. The molecule has 0 saturated heterocycles. The van der Waals surface area contributed by atoms with Crippen LogP contribution in [0.4, 0.5) is 0 Å². The van der Waals surface area contributed by atoms with E-state index in [1.54, 1.807) is 0 Å². The van der Waals surface area contributed by atoms with E-state index >= 15 is 0 Å². The minimum atomic E-state index is -4.49. The SMILES string of the molecule is C[N+](C)(C)CCOP(=O)([O-])OC[C@H](O)COC(=O)CCCCCCC/C=C\CCCCCCC[13CH3]. The van der Waals surface area contributed by atoms with Crippen molar-refractivity contribution in [1.29, 1.82) is 0 Å². The van der Waals surface area contributed by atoms with E-state index in [1.165, 1.54) is 51.4 Å². The van der Waals surface area contributed by atoms with Crippen LogP contribution in [0.1, 0.15) is 96.8 Å². The van der Waals surface area contributed by atoms with E-state index in [-0.39, 0.29) is 13.2 Å². The van der Waals surface area contributed by atoms with E-state index < -0.39 is 26.5 Å². The maximum absolute atomic E-state index is 11.8. The Labute approximate surface area is 214 Å². The van der Waals surface area contributed by atoms with Crippen LogP contribution in [0.15, 0.2) is 12.2 Å². The molecular weight excluding hydrogens is 470 g/mol. The molecule has 0 fully saturated rings. The summed E-state index contributed by atoms with van der Waals surface area (Å²) in [6.07, 6.45) is 19.1. The molecule has 0 aliphatic rings. The third-order valence-corrected chi connectivity index (χ3v) is 6.48. The summed E-state index contributed by atoms with van der Waals surface area (Å²) in [6, 6.07) is 0. The molecule has 0 amide bonds. The Balaban J connectivity index is 3.59. The second-order valence-electron chi connectivity index (χ2n) is 10.3. The number of ether oxygens (including phenoxy) is 1. The number of aliphatic hydroxyl groups is 1. The third-order valence-electron chi connectivity index (χ3n) is 5.52. The zero-order chi connectivity index (χ0) is 26.4. The zero-order valence-electron chi connectivity index (χ0n) is 22.8. The van der Waals surface area contributed by atoms with E-state index in [9.17, 15) is 19.4 Å². The quantitative estimate of drug-likeness (QED) is 0.0467. The molecule has 0 heterocycles. The van der Waals surface area contributed by atoms with Crippen molar-refractivity contribution in [3.63, 3.8) is 0 Å². The highest BCUT2D eigenvalue weighted by Gasteiger charge is 2.16. The molecule has 1 N–H and O–H groups in total. The molecule has 8 nitrogen and oxygen atoms in total. The van der Waals surface area contributed by atoms with Gasteiger partial charge in [0.1, 0.15) is 25.9 Å². The molecule has 0 aromatic carbocycles. The highest BCUT2D eigenvalue weighted by molar-refractivity contribution is 7.45. The number of phosphoric ester groups is 1. The molecule has 208 valence electrons. The molecule has 0 aliphatic heterocycles. The molecule has 0 aromatic rings. The van der Waals surface area contributed by atoms with Gasteiger partial charge in [-0.25, -0.2) is 0 Å². The van der Waals surface area contributed by atoms with Crippen molar-refractivity contribution in [2.24, 2.45) is 0 Å². The summed E-state index contributed by atoms with van der Waals surface area (Å²) in [5.41, 5.74) is 0. The van der Waals surface area contributed by atoms with Gasteiger partial charge >= 0.3 is 5.97 Å². The Bertz CT molecular complexity index is 593. The van der Waals surface area contributed by atoms with E-state index in [4.69, 9.17) is 9.26 Å². The number of nitrogens with zero attached hydrogens (tertiary/aromatic N) is 1. The number of carbonyl (C=O) groups is 1. The fourth-order valence-corrected chi connectivity index (χ4v) is 4.03. The molecule has 35 heavy (non-hydrogen) atoms. The van der Waals surface area contributed by atoms with E-state index in [0.717, 1.165) is 32.1 Å². The van der Waals surface area contributed by atoms with E-state index in [2.05, 4.69) is 23.6 Å². The lowest BCUT2D eigenvalue weighted by molar-refractivity contribution is -0.870. The molecule has 0 rings (SSSR count). The van der Waals surface area contributed by atoms with Gasteiger partial charge in [-0.2, -0.15) is 0 Å². The van der Waals surface area contributed by atoms with Crippen LogP contribution < -0.4 is 4.89 Å². The van der Waals surface area contributed by atoms with Crippen molar-refractivity contribution in [2.45, 2.75) is 103 Å². The molecule has 0 radical (unpaired) electrons. The predicted octanol–water partition coefficient (Wildman–Crippen LogP) is 5.14. The van der Waals surface area contributed by atoms with E-state index in [0.29, 0.717) is 17.4 Å². The smallest absolute Gasteiger partial charge is 0.305 e. The molecule has 2 atom stereocenters. The maximum Gasteiger partial charge on any atom is 0.305 e. The number of carbonyl (C=O) groups excluding carboxylic acids is 1. The summed E-state index contributed by atoms with van der Waals surface area (Å²) in [4.78, 5) is 23.5. The highest BCUT2D eigenvalue weighted by atomic mass is 31.2. The van der Waals surface area contributed by atoms with E-state index in [1.807, 2.05) is 21.1 Å². The fourth-order valence-electron chi connectivity index (χ4n) is 3.29. The van der Waals surface area contributed by atoms with Crippen molar-refractivity contribution < 1.29 is 37.6 Å². The predicted molar refractivity (Wildman–Crippen MR) is 139 cm³/mol. The zero-order valence-corrected chi connectivity index (χ0v) is 23.6. The van der Waals surface area contributed by atoms with Gasteiger partial charge in [-0.1, -0.05) is 70.4 Å². The van der Waals surface area contributed by atoms with Crippen molar-refractivity contribution in [3.8, 4) is 0 Å². The van der Waals surface area contributed by atoms with Gasteiger partial charge in [-0.3, -0.25) is 9.36 Å². The minimum Gasteiger partial charge on any atom is -0.756 e. The standard InChI is InChI=1S/C26H52NO7P/c1-5-6-7-8-9-10-11-12-13-14-15-16-17-18-19-20-26(29)32-23-25(28)24-34-35(30,31)33-22-21-27(2,3)4/h12-13,25,28H,5-11,14-24H2,1-4H3/b13-12-/t25-/m1/s1/i1+1. The van der Waals surface area contributed by atoms with Gasteiger partial charge in [0.25, 0.3) is 7.82 Å². The Morgan fingerprint density at radius 1 is 0.886 bits per heavy atom. The first-order valence-electron chi connectivity index (χ1n) is 13.4. The first-order chi connectivity index (χ1) is 16.6. The molecule has 0 aromatic heterocycles. The van der Waals surface area contributed by atoms with Gasteiger partial charge in [0.15, 0.2) is 0 Å². The molecule has 0 aliphatic carbocycles. The number of likely N-dealkylation sites (N-methyl/N-ethyl adjacent to an activating group) is 1. The fraction of sp³-hybridized carbons (Fsp3) is 0.885. The topological polar surface area (TPSA) is 105 Å². The van der Waals surface area contributed by atoms with Crippen LogP contribution in [-0.2, 0) is 23.1 Å². The van der Waals surface area contributed by atoms with Crippen LogP contribution in [0.5, 0.6) is 0 Å². The minimum absolute atomic E-state index is 0.00862. The van der Waals surface area contributed by atoms with Crippen molar-refractivity contribution in [1.82, 2.24) is 0 Å². The average Bonchev–Trinajstić information content (AvgIpc) is 2.78. The lowest BCUT2D eigenvalue weighted by Crippen LogP contribution is -2.37. The number of aliphatic hydroxyl groups excluding tert-OH is 1. The first-order valence-corrected chi connectivity index (χ1v) is 14.9. The summed E-state index contributed by atoms with van der Waals surface area (Å²) in [7, 11) is 1.24. The number of hydrogen-bond acceptors (Lipinski definition) is 7. The van der Waals surface area contributed by atoms with Gasteiger partial charge < -0.3 is 28.3 Å². The highest BCUT2D eigenvalue weighted by Crippen LogP contribution is 2.38. The number of quaternary nitrogens is 1. The number of hydrogen-bond donors (Lipinski definition) is 1. The number of phosphoric acid groups is 1. The molecule has 0 bridgehead atoms.